The van der Waals surface area contributed by atoms with Crippen LogP contribution < -0.4 is 0 Å². The third kappa shape index (κ3) is 3.55. The number of hydrogen-bond donors (Lipinski definition) is 1. The van der Waals surface area contributed by atoms with Crippen molar-refractivity contribution in [3.63, 3.8) is 0 Å². The largest absolute Gasteiger partial charge is 0.384 e. The predicted molar refractivity (Wildman–Crippen MR) is 74.7 cm³/mol. The van der Waals surface area contributed by atoms with Crippen LogP contribution in [-0.4, -0.2) is 40.1 Å². The van der Waals surface area contributed by atoms with Crippen LogP contribution in [0.5, 0.6) is 0 Å². The topological polar surface area (TPSA) is 53.4 Å². The van der Waals surface area contributed by atoms with E-state index < -0.39 is 0 Å². The van der Waals surface area contributed by atoms with E-state index in [0.29, 0.717) is 11.1 Å². The molecular weight excluding hydrogens is 240 g/mol. The number of carbonyl (C=O) groups excluding carboxylic acids is 1. The van der Waals surface area contributed by atoms with Gasteiger partial charge in [0.2, 0.25) is 0 Å². The lowest BCUT2D eigenvalue weighted by Gasteiger charge is -2.35. The Morgan fingerprint density at radius 1 is 1.53 bits per heavy atom. The fourth-order valence-electron chi connectivity index (χ4n) is 1.51. The average molecular weight is 260 g/mol. The fraction of sp³-hybridized carbons (Fsp3) is 0.467. The number of aliphatic hydroxyl groups excluding tert-OH is 1. The average Bonchev–Trinajstić information content (AvgIpc) is 2.43. The van der Waals surface area contributed by atoms with Crippen LogP contribution in [0.25, 0.3) is 0 Å². The lowest BCUT2D eigenvalue weighted by Crippen LogP contribution is -2.44. The first-order valence-electron chi connectivity index (χ1n) is 6.26. The second-order valence-electron chi connectivity index (χ2n) is 4.91. The summed E-state index contributed by atoms with van der Waals surface area (Å²) < 4.78 is 0. The molecular formula is C15H20N2O2. The van der Waals surface area contributed by atoms with Gasteiger partial charge in [0.05, 0.1) is 11.1 Å². The number of aromatic nitrogens is 1. The summed E-state index contributed by atoms with van der Waals surface area (Å²) in [6.45, 7) is 5.85. The number of rotatable bonds is 3. The minimum absolute atomic E-state index is 0.0866. The van der Waals surface area contributed by atoms with Gasteiger partial charge in [0, 0.05) is 25.0 Å². The summed E-state index contributed by atoms with van der Waals surface area (Å²) in [4.78, 5) is 18.2. The summed E-state index contributed by atoms with van der Waals surface area (Å²) in [5, 5.41) is 8.74. The molecule has 0 fully saturated rings. The van der Waals surface area contributed by atoms with Crippen molar-refractivity contribution in [2.24, 2.45) is 0 Å². The Morgan fingerprint density at radius 2 is 2.21 bits per heavy atom. The van der Waals surface area contributed by atoms with Crippen LogP contribution in [0.3, 0.4) is 0 Å². The zero-order chi connectivity index (χ0) is 14.5. The van der Waals surface area contributed by atoms with E-state index in [9.17, 15) is 4.79 Å². The zero-order valence-corrected chi connectivity index (χ0v) is 11.9. The molecule has 1 rings (SSSR count). The third-order valence-electron chi connectivity index (χ3n) is 3.43. The molecule has 0 aliphatic heterocycles. The Balaban J connectivity index is 3.13. The van der Waals surface area contributed by atoms with E-state index in [4.69, 9.17) is 5.11 Å². The Kier molecular flexibility index (Phi) is 5.08. The van der Waals surface area contributed by atoms with Gasteiger partial charge >= 0.3 is 0 Å². The van der Waals surface area contributed by atoms with Gasteiger partial charge in [-0.25, -0.2) is 0 Å². The maximum Gasteiger partial charge on any atom is 0.255 e. The van der Waals surface area contributed by atoms with Crippen LogP contribution >= 0.6 is 0 Å². The van der Waals surface area contributed by atoms with Gasteiger partial charge in [-0.2, -0.15) is 0 Å². The maximum atomic E-state index is 12.5. The van der Waals surface area contributed by atoms with Crippen molar-refractivity contribution in [2.45, 2.75) is 32.7 Å². The van der Waals surface area contributed by atoms with Gasteiger partial charge in [-0.05, 0) is 26.3 Å². The molecule has 0 saturated carbocycles. The first kappa shape index (κ1) is 15.2. The maximum absolute atomic E-state index is 12.5. The summed E-state index contributed by atoms with van der Waals surface area (Å²) >= 11 is 0. The standard InChI is InChI=1S/C15H20N2O2/c1-5-15(2,3)17(4)14(19)13-8-9-16-11-12(13)7-6-10-18/h8-9,11,18H,5,10H2,1-4H3. The van der Waals surface area contributed by atoms with E-state index in [-0.39, 0.29) is 18.1 Å². The number of hydrogen-bond acceptors (Lipinski definition) is 3. The minimum atomic E-state index is -0.237. The number of carbonyl (C=O) groups is 1. The van der Waals surface area contributed by atoms with Crippen molar-refractivity contribution in [1.82, 2.24) is 9.88 Å². The molecule has 0 aliphatic carbocycles. The molecule has 1 amide bonds. The number of nitrogens with zero attached hydrogens (tertiary/aromatic N) is 2. The highest BCUT2D eigenvalue weighted by atomic mass is 16.2. The first-order chi connectivity index (χ1) is 8.94. The second-order valence-corrected chi connectivity index (χ2v) is 4.91. The summed E-state index contributed by atoms with van der Waals surface area (Å²) in [6.07, 6.45) is 3.98. The smallest absolute Gasteiger partial charge is 0.255 e. The summed E-state index contributed by atoms with van der Waals surface area (Å²) in [6, 6.07) is 1.66. The van der Waals surface area contributed by atoms with E-state index in [1.54, 1.807) is 30.4 Å². The molecule has 0 aromatic carbocycles. The number of amides is 1. The molecule has 1 aromatic rings. The Labute approximate surface area is 114 Å². The van der Waals surface area contributed by atoms with Gasteiger partial charge < -0.3 is 10.0 Å². The minimum Gasteiger partial charge on any atom is -0.384 e. The highest BCUT2D eigenvalue weighted by molar-refractivity contribution is 5.96. The van der Waals surface area contributed by atoms with E-state index in [1.807, 2.05) is 20.8 Å². The van der Waals surface area contributed by atoms with Gasteiger partial charge in [0.15, 0.2) is 0 Å². The molecule has 0 radical (unpaired) electrons. The van der Waals surface area contributed by atoms with Crippen LogP contribution in [0, 0.1) is 11.8 Å². The Bertz CT molecular complexity index is 512. The van der Waals surface area contributed by atoms with Crippen LogP contribution in [-0.2, 0) is 0 Å². The number of aliphatic hydroxyl groups is 1. The van der Waals surface area contributed by atoms with Gasteiger partial charge in [0.1, 0.15) is 6.61 Å². The molecule has 1 heterocycles. The van der Waals surface area contributed by atoms with Crippen molar-refractivity contribution in [1.29, 1.82) is 0 Å². The van der Waals surface area contributed by atoms with Gasteiger partial charge in [0.25, 0.3) is 5.91 Å². The van der Waals surface area contributed by atoms with Crippen molar-refractivity contribution in [2.75, 3.05) is 13.7 Å². The molecule has 0 atom stereocenters. The molecule has 0 unspecified atom stereocenters. The zero-order valence-electron chi connectivity index (χ0n) is 11.9. The predicted octanol–water partition coefficient (Wildman–Crippen LogP) is 1.69. The molecule has 0 saturated heterocycles. The van der Waals surface area contributed by atoms with Gasteiger partial charge in [-0.15, -0.1) is 0 Å². The van der Waals surface area contributed by atoms with Crippen LogP contribution in [0.4, 0.5) is 0 Å². The monoisotopic (exact) mass is 260 g/mol. The highest BCUT2D eigenvalue weighted by Crippen LogP contribution is 2.20. The molecule has 102 valence electrons. The summed E-state index contributed by atoms with van der Waals surface area (Å²) in [5.74, 6) is 5.22. The SMILES string of the molecule is CCC(C)(C)N(C)C(=O)c1ccncc1C#CCO. The fourth-order valence-corrected chi connectivity index (χ4v) is 1.51. The lowest BCUT2D eigenvalue weighted by atomic mass is 9.98. The van der Waals surface area contributed by atoms with Crippen molar-refractivity contribution in [3.8, 4) is 11.8 Å². The van der Waals surface area contributed by atoms with Crippen LogP contribution in [0.2, 0.25) is 0 Å². The third-order valence-corrected chi connectivity index (χ3v) is 3.43. The van der Waals surface area contributed by atoms with Gasteiger partial charge in [-0.1, -0.05) is 18.8 Å². The van der Waals surface area contributed by atoms with E-state index in [0.717, 1.165) is 6.42 Å². The normalized spacial score (nSPS) is 10.6. The van der Waals surface area contributed by atoms with E-state index in [2.05, 4.69) is 16.8 Å². The lowest BCUT2D eigenvalue weighted by molar-refractivity contribution is 0.0620. The number of pyridine rings is 1. The Hall–Kier alpha value is -1.86. The van der Waals surface area contributed by atoms with Crippen LogP contribution in [0.15, 0.2) is 18.5 Å². The molecule has 1 aromatic heterocycles. The van der Waals surface area contributed by atoms with Crippen molar-refractivity contribution >= 4 is 5.91 Å². The molecule has 0 spiro atoms. The Morgan fingerprint density at radius 3 is 2.79 bits per heavy atom. The van der Waals surface area contributed by atoms with E-state index >= 15 is 0 Å². The van der Waals surface area contributed by atoms with Crippen LogP contribution in [0.1, 0.15) is 43.1 Å². The van der Waals surface area contributed by atoms with Crippen molar-refractivity contribution in [3.05, 3.63) is 29.6 Å². The first-order valence-corrected chi connectivity index (χ1v) is 6.26. The molecule has 4 nitrogen and oxygen atoms in total. The molecule has 0 aliphatic rings. The van der Waals surface area contributed by atoms with E-state index in [1.165, 1.54) is 0 Å². The summed E-state index contributed by atoms with van der Waals surface area (Å²) in [7, 11) is 1.79. The molecule has 4 heteroatoms. The second kappa shape index (κ2) is 6.35. The van der Waals surface area contributed by atoms with Crippen molar-refractivity contribution < 1.29 is 9.90 Å². The summed E-state index contributed by atoms with van der Waals surface area (Å²) in [5.41, 5.74) is 0.836. The highest BCUT2D eigenvalue weighted by Gasteiger charge is 2.27. The molecule has 1 N–H and O–H groups in total. The quantitative estimate of drug-likeness (QED) is 0.841. The molecule has 0 bridgehead atoms. The molecule has 19 heavy (non-hydrogen) atoms. The van der Waals surface area contributed by atoms with Gasteiger partial charge in [-0.3, -0.25) is 9.78 Å².